The minimum atomic E-state index is -4.17. The summed E-state index contributed by atoms with van der Waals surface area (Å²) in [6.07, 6.45) is -2.48. The Bertz CT molecular complexity index is 693. The molecule has 1 aliphatic rings. The average molecular weight is 448 g/mol. The van der Waals surface area contributed by atoms with Crippen LogP contribution in [0.5, 0.6) is 0 Å². The van der Waals surface area contributed by atoms with E-state index in [9.17, 15) is 13.2 Å². The molecule has 0 aliphatic carbocycles. The van der Waals surface area contributed by atoms with Gasteiger partial charge in [0.15, 0.2) is 11.8 Å². The number of hydrogen-bond acceptors (Lipinski definition) is 5. The van der Waals surface area contributed by atoms with Crippen LogP contribution in [0.3, 0.4) is 0 Å². The van der Waals surface area contributed by atoms with E-state index in [4.69, 9.17) is 9.73 Å². The fraction of sp³-hybridized carbons (Fsp3) is 0.850. The van der Waals surface area contributed by atoms with Gasteiger partial charge >= 0.3 is 6.18 Å². The van der Waals surface area contributed by atoms with Crippen molar-refractivity contribution in [3.63, 3.8) is 0 Å². The third-order valence-corrected chi connectivity index (χ3v) is 5.46. The topological polar surface area (TPSA) is 70.8 Å². The third-order valence-electron chi connectivity index (χ3n) is 5.46. The first kappa shape index (κ1) is 25.4. The van der Waals surface area contributed by atoms with Gasteiger partial charge in [0, 0.05) is 46.4 Å². The monoisotopic (exact) mass is 447 g/mol. The highest BCUT2D eigenvalue weighted by Crippen LogP contribution is 2.21. The molecular weight excluding hydrogens is 411 g/mol. The number of aryl methyl sites for hydroxylation is 1. The van der Waals surface area contributed by atoms with Gasteiger partial charge < -0.3 is 19.5 Å². The second-order valence-electron chi connectivity index (χ2n) is 7.88. The first-order valence-electron chi connectivity index (χ1n) is 11.0. The van der Waals surface area contributed by atoms with Crippen molar-refractivity contribution in [2.24, 2.45) is 18.0 Å². The molecule has 1 fully saturated rings. The van der Waals surface area contributed by atoms with Gasteiger partial charge in [-0.15, -0.1) is 10.2 Å². The van der Waals surface area contributed by atoms with Gasteiger partial charge in [-0.3, -0.25) is 4.90 Å². The highest BCUT2D eigenvalue weighted by molar-refractivity contribution is 5.80. The number of halogens is 3. The van der Waals surface area contributed by atoms with Gasteiger partial charge in [0.25, 0.3) is 0 Å². The van der Waals surface area contributed by atoms with Gasteiger partial charge in [0.1, 0.15) is 12.4 Å². The number of likely N-dealkylation sites (tertiary alicyclic amines) is 1. The molecular formula is C20H36F3N7O. The van der Waals surface area contributed by atoms with E-state index in [1.54, 1.807) is 6.92 Å². The van der Waals surface area contributed by atoms with E-state index in [-0.39, 0.29) is 5.92 Å². The Morgan fingerprint density at radius 2 is 2.10 bits per heavy atom. The SMILES string of the molecule is CCOCCCNC(=NCc1nnc(C)n1C)N1CCC(CN(CC)CC(F)(F)F)C1. The van der Waals surface area contributed by atoms with Crippen LogP contribution in [-0.4, -0.2) is 89.2 Å². The van der Waals surface area contributed by atoms with Crippen molar-refractivity contribution in [2.45, 2.75) is 46.3 Å². The molecule has 1 N–H and O–H groups in total. The summed E-state index contributed by atoms with van der Waals surface area (Å²) in [6.45, 7) is 9.50. The Balaban J connectivity index is 1.98. The zero-order valence-corrected chi connectivity index (χ0v) is 19.1. The average Bonchev–Trinajstić information content (AvgIpc) is 3.30. The van der Waals surface area contributed by atoms with Crippen LogP contribution in [0.1, 0.15) is 38.3 Å². The normalized spacial score (nSPS) is 17.7. The zero-order valence-electron chi connectivity index (χ0n) is 19.1. The molecule has 1 saturated heterocycles. The number of guanidine groups is 1. The second kappa shape index (κ2) is 12.2. The molecule has 31 heavy (non-hydrogen) atoms. The lowest BCUT2D eigenvalue weighted by atomic mass is 10.1. The fourth-order valence-corrected chi connectivity index (χ4v) is 3.62. The molecule has 1 aromatic heterocycles. The summed E-state index contributed by atoms with van der Waals surface area (Å²) in [4.78, 5) is 8.34. The zero-order chi connectivity index (χ0) is 22.9. The third kappa shape index (κ3) is 8.64. The minimum Gasteiger partial charge on any atom is -0.382 e. The van der Waals surface area contributed by atoms with Crippen LogP contribution < -0.4 is 5.32 Å². The number of nitrogens with one attached hydrogen (secondary N) is 1. The van der Waals surface area contributed by atoms with Crippen molar-refractivity contribution >= 4 is 5.96 Å². The molecule has 0 radical (unpaired) electrons. The largest absolute Gasteiger partial charge is 0.401 e. The first-order chi connectivity index (χ1) is 14.7. The van der Waals surface area contributed by atoms with Crippen molar-refractivity contribution in [2.75, 3.05) is 52.5 Å². The van der Waals surface area contributed by atoms with Crippen molar-refractivity contribution in [3.8, 4) is 0 Å². The molecule has 2 rings (SSSR count). The van der Waals surface area contributed by atoms with Crippen LogP contribution in [-0.2, 0) is 18.3 Å². The summed E-state index contributed by atoms with van der Waals surface area (Å²) in [6, 6.07) is 0. The minimum absolute atomic E-state index is 0.176. The predicted molar refractivity (Wildman–Crippen MR) is 114 cm³/mol. The van der Waals surface area contributed by atoms with E-state index in [1.165, 1.54) is 4.90 Å². The highest BCUT2D eigenvalue weighted by Gasteiger charge is 2.33. The summed E-state index contributed by atoms with van der Waals surface area (Å²) in [7, 11) is 1.90. The van der Waals surface area contributed by atoms with Gasteiger partial charge in [0.05, 0.1) is 6.54 Å². The van der Waals surface area contributed by atoms with Crippen LogP contribution in [0.25, 0.3) is 0 Å². The second-order valence-corrected chi connectivity index (χ2v) is 7.88. The van der Waals surface area contributed by atoms with Gasteiger partial charge in [-0.25, -0.2) is 4.99 Å². The molecule has 0 saturated carbocycles. The van der Waals surface area contributed by atoms with Crippen molar-refractivity contribution in [1.82, 2.24) is 29.9 Å². The number of aliphatic imine (C=N–C) groups is 1. The smallest absolute Gasteiger partial charge is 0.382 e. The summed E-state index contributed by atoms with van der Waals surface area (Å²) >= 11 is 0. The number of nitrogens with zero attached hydrogens (tertiary/aromatic N) is 6. The Morgan fingerprint density at radius 3 is 2.71 bits per heavy atom. The van der Waals surface area contributed by atoms with E-state index in [1.807, 2.05) is 25.5 Å². The molecule has 1 atom stereocenters. The molecule has 1 aromatic rings. The molecule has 0 amide bonds. The molecule has 1 unspecified atom stereocenters. The Kier molecular flexibility index (Phi) is 10.0. The van der Waals surface area contributed by atoms with Gasteiger partial charge in [-0.1, -0.05) is 6.92 Å². The Labute approximate surface area is 182 Å². The van der Waals surface area contributed by atoms with E-state index in [2.05, 4.69) is 20.4 Å². The number of aromatic nitrogens is 3. The van der Waals surface area contributed by atoms with Crippen LogP contribution in [0.2, 0.25) is 0 Å². The lowest BCUT2D eigenvalue weighted by Crippen LogP contribution is -2.42. The molecule has 1 aliphatic heterocycles. The number of hydrogen-bond donors (Lipinski definition) is 1. The lowest BCUT2D eigenvalue weighted by molar-refractivity contribution is -0.146. The van der Waals surface area contributed by atoms with E-state index >= 15 is 0 Å². The van der Waals surface area contributed by atoms with Gasteiger partial charge in [0.2, 0.25) is 0 Å². The standard InChI is InChI=1S/C20H36F3N7O/c1-5-29(15-20(21,22)23)13-17-8-10-30(14-17)19(24-9-7-11-31-6-2)25-12-18-27-26-16(3)28(18)4/h17H,5-15H2,1-4H3,(H,24,25). The van der Waals surface area contributed by atoms with Crippen LogP contribution >= 0.6 is 0 Å². The number of alkyl halides is 3. The summed E-state index contributed by atoms with van der Waals surface area (Å²) < 4.78 is 45.7. The fourth-order valence-electron chi connectivity index (χ4n) is 3.62. The maximum atomic E-state index is 12.8. The van der Waals surface area contributed by atoms with Crippen LogP contribution in [0, 0.1) is 12.8 Å². The summed E-state index contributed by atoms with van der Waals surface area (Å²) in [5.74, 6) is 2.53. The molecule has 0 spiro atoms. The predicted octanol–water partition coefficient (Wildman–Crippen LogP) is 2.20. The lowest BCUT2D eigenvalue weighted by Gasteiger charge is -2.26. The molecule has 2 heterocycles. The molecule has 11 heteroatoms. The maximum Gasteiger partial charge on any atom is 0.401 e. The Morgan fingerprint density at radius 1 is 1.32 bits per heavy atom. The number of ether oxygens (including phenoxy) is 1. The quantitative estimate of drug-likeness (QED) is 0.319. The van der Waals surface area contributed by atoms with Crippen LogP contribution in [0.4, 0.5) is 13.2 Å². The maximum absolute atomic E-state index is 12.8. The van der Waals surface area contributed by atoms with E-state index < -0.39 is 12.7 Å². The van der Waals surface area contributed by atoms with Crippen molar-refractivity contribution in [1.29, 1.82) is 0 Å². The van der Waals surface area contributed by atoms with Crippen LogP contribution in [0.15, 0.2) is 4.99 Å². The highest BCUT2D eigenvalue weighted by atomic mass is 19.4. The Hall–Kier alpha value is -1.88. The first-order valence-corrected chi connectivity index (χ1v) is 11.0. The van der Waals surface area contributed by atoms with Gasteiger partial charge in [-0.05, 0) is 39.2 Å². The molecule has 178 valence electrons. The molecule has 8 nitrogen and oxygen atoms in total. The summed E-state index contributed by atoms with van der Waals surface area (Å²) in [5.41, 5.74) is 0. The van der Waals surface area contributed by atoms with Crippen molar-refractivity contribution in [3.05, 3.63) is 11.6 Å². The molecule has 0 aromatic carbocycles. The number of rotatable bonds is 11. The van der Waals surface area contributed by atoms with E-state index in [0.29, 0.717) is 45.9 Å². The van der Waals surface area contributed by atoms with E-state index in [0.717, 1.165) is 37.0 Å². The summed E-state index contributed by atoms with van der Waals surface area (Å²) in [5, 5.41) is 11.6. The molecule has 0 bridgehead atoms. The van der Waals surface area contributed by atoms with Crippen molar-refractivity contribution < 1.29 is 17.9 Å². The van der Waals surface area contributed by atoms with Gasteiger partial charge in [-0.2, -0.15) is 13.2 Å².